The number of hydrogen-bond acceptors (Lipinski definition) is 2. The van der Waals surface area contributed by atoms with E-state index in [4.69, 9.17) is 0 Å². The van der Waals surface area contributed by atoms with Crippen molar-refractivity contribution in [3.05, 3.63) is 59.7 Å². The number of para-hydroxylation sites is 2. The molecule has 0 saturated carbocycles. The number of aromatic hydroxyl groups is 1. The third kappa shape index (κ3) is 3.44. The molecule has 0 heterocycles. The Morgan fingerprint density at radius 2 is 1.50 bits per heavy atom. The van der Waals surface area contributed by atoms with E-state index < -0.39 is 0 Å². The maximum atomic E-state index is 10.1. The smallest absolute Gasteiger partial charge is 0.118 e. The van der Waals surface area contributed by atoms with Crippen LogP contribution in [-0.2, 0) is 11.8 Å². The molecule has 2 aromatic rings. The van der Waals surface area contributed by atoms with Crippen LogP contribution in [-0.4, -0.2) is 18.2 Å². The molecule has 0 aromatic heterocycles. The van der Waals surface area contributed by atoms with Crippen LogP contribution in [0, 0.1) is 0 Å². The average Bonchev–Trinajstić information content (AvgIpc) is 2.51. The van der Waals surface area contributed by atoms with Gasteiger partial charge in [-0.3, -0.25) is 0 Å². The van der Waals surface area contributed by atoms with Crippen molar-refractivity contribution in [1.29, 1.82) is 0 Å². The summed E-state index contributed by atoms with van der Waals surface area (Å²) in [4.78, 5) is 2.39. The Bertz CT molecular complexity index is 615. The van der Waals surface area contributed by atoms with Crippen LogP contribution in [0.2, 0.25) is 0 Å². The van der Waals surface area contributed by atoms with Gasteiger partial charge in [0.25, 0.3) is 0 Å². The lowest BCUT2D eigenvalue weighted by Gasteiger charge is -2.32. The molecule has 0 bridgehead atoms. The van der Waals surface area contributed by atoms with E-state index in [0.29, 0.717) is 5.75 Å². The van der Waals surface area contributed by atoms with E-state index in [-0.39, 0.29) is 5.41 Å². The molecular formula is C20H27NO. The number of rotatable bonds is 6. The highest BCUT2D eigenvalue weighted by molar-refractivity contribution is 5.57. The molecule has 0 spiro atoms. The first-order chi connectivity index (χ1) is 10.5. The van der Waals surface area contributed by atoms with E-state index in [1.165, 1.54) is 11.3 Å². The van der Waals surface area contributed by atoms with Crippen molar-refractivity contribution in [1.82, 2.24) is 0 Å². The number of nitrogens with zero attached hydrogens (tertiary/aromatic N) is 1. The predicted molar refractivity (Wildman–Crippen MR) is 94.8 cm³/mol. The molecule has 0 aliphatic carbocycles. The Morgan fingerprint density at radius 1 is 0.909 bits per heavy atom. The van der Waals surface area contributed by atoms with Gasteiger partial charge in [-0.25, -0.2) is 0 Å². The summed E-state index contributed by atoms with van der Waals surface area (Å²) in [5.74, 6) is 0.385. The molecule has 2 aromatic carbocycles. The van der Waals surface area contributed by atoms with Gasteiger partial charge < -0.3 is 10.0 Å². The summed E-state index contributed by atoms with van der Waals surface area (Å²) in [5.41, 5.74) is 3.59. The van der Waals surface area contributed by atoms with Crippen LogP contribution in [0.25, 0.3) is 0 Å². The molecule has 0 amide bonds. The summed E-state index contributed by atoms with van der Waals surface area (Å²) in [6.07, 6.45) is 0.817. The van der Waals surface area contributed by atoms with Crippen LogP contribution < -0.4 is 4.90 Å². The Morgan fingerprint density at radius 3 is 2.14 bits per heavy atom. The highest BCUT2D eigenvalue weighted by atomic mass is 16.3. The van der Waals surface area contributed by atoms with Gasteiger partial charge in [-0.1, -0.05) is 50.2 Å². The maximum absolute atomic E-state index is 10.1. The zero-order valence-electron chi connectivity index (χ0n) is 14.1. The summed E-state index contributed by atoms with van der Waals surface area (Å²) in [5, 5.41) is 10.1. The van der Waals surface area contributed by atoms with Crippen LogP contribution in [0.3, 0.4) is 0 Å². The van der Waals surface area contributed by atoms with Crippen molar-refractivity contribution >= 4 is 5.69 Å². The molecule has 0 radical (unpaired) electrons. The van der Waals surface area contributed by atoms with Crippen molar-refractivity contribution in [2.75, 3.05) is 18.0 Å². The normalized spacial score (nSPS) is 11.5. The summed E-state index contributed by atoms with van der Waals surface area (Å²) in [6.45, 7) is 10.9. The summed E-state index contributed by atoms with van der Waals surface area (Å²) in [6, 6.07) is 16.3. The number of anilines is 1. The van der Waals surface area contributed by atoms with Crippen LogP contribution in [0.15, 0.2) is 48.5 Å². The van der Waals surface area contributed by atoms with Crippen LogP contribution in [0.4, 0.5) is 5.69 Å². The van der Waals surface area contributed by atoms with E-state index in [9.17, 15) is 5.11 Å². The molecule has 0 unspecified atom stereocenters. The van der Waals surface area contributed by atoms with Gasteiger partial charge in [0, 0.05) is 18.8 Å². The minimum Gasteiger partial charge on any atom is -0.508 e. The molecule has 0 saturated heterocycles. The Labute approximate surface area is 134 Å². The van der Waals surface area contributed by atoms with Gasteiger partial charge in [0.1, 0.15) is 5.75 Å². The molecule has 2 rings (SSSR count). The van der Waals surface area contributed by atoms with E-state index >= 15 is 0 Å². The molecule has 2 heteroatoms. The van der Waals surface area contributed by atoms with Gasteiger partial charge in [0.15, 0.2) is 0 Å². The zero-order valence-corrected chi connectivity index (χ0v) is 14.1. The third-order valence-electron chi connectivity index (χ3n) is 4.36. The highest BCUT2D eigenvalue weighted by Crippen LogP contribution is 2.36. The molecule has 0 aliphatic rings. The quantitative estimate of drug-likeness (QED) is 0.831. The molecule has 1 N–H and O–H groups in total. The largest absolute Gasteiger partial charge is 0.508 e. The molecular weight excluding hydrogens is 270 g/mol. The molecule has 0 fully saturated rings. The monoisotopic (exact) mass is 297 g/mol. The fourth-order valence-electron chi connectivity index (χ4n) is 3.12. The van der Waals surface area contributed by atoms with Crippen molar-refractivity contribution in [3.8, 4) is 5.75 Å². The van der Waals surface area contributed by atoms with E-state index in [2.05, 4.69) is 56.9 Å². The van der Waals surface area contributed by atoms with Gasteiger partial charge in [-0.05, 0) is 48.9 Å². The standard InChI is InChI=1S/C20H27NO/c1-5-21(6-2)18-13-9-8-12-17(18)20(3,4)15-16-11-7-10-14-19(16)22/h7-14,22H,5-6,15H2,1-4H3. The zero-order chi connectivity index (χ0) is 16.2. The molecule has 118 valence electrons. The van der Waals surface area contributed by atoms with Crippen molar-refractivity contribution in [2.24, 2.45) is 0 Å². The van der Waals surface area contributed by atoms with Crippen LogP contribution in [0.5, 0.6) is 5.75 Å². The molecule has 2 nitrogen and oxygen atoms in total. The fourth-order valence-corrected chi connectivity index (χ4v) is 3.12. The first-order valence-electron chi connectivity index (χ1n) is 8.11. The minimum absolute atomic E-state index is 0.0436. The van der Waals surface area contributed by atoms with Crippen LogP contribution >= 0.6 is 0 Å². The van der Waals surface area contributed by atoms with E-state index in [0.717, 1.165) is 25.1 Å². The van der Waals surface area contributed by atoms with Gasteiger partial charge >= 0.3 is 0 Å². The lowest BCUT2D eigenvalue weighted by Crippen LogP contribution is -2.28. The minimum atomic E-state index is -0.0436. The lowest BCUT2D eigenvalue weighted by atomic mass is 9.78. The number of phenols is 1. The summed E-state index contributed by atoms with van der Waals surface area (Å²) in [7, 11) is 0. The summed E-state index contributed by atoms with van der Waals surface area (Å²) >= 11 is 0. The Hall–Kier alpha value is -1.96. The fraction of sp³-hybridized carbons (Fsp3) is 0.400. The SMILES string of the molecule is CCN(CC)c1ccccc1C(C)(C)Cc1ccccc1O. The van der Waals surface area contributed by atoms with E-state index in [1.807, 2.05) is 18.2 Å². The topological polar surface area (TPSA) is 23.5 Å². The van der Waals surface area contributed by atoms with Gasteiger partial charge in [-0.15, -0.1) is 0 Å². The van der Waals surface area contributed by atoms with Gasteiger partial charge in [0.05, 0.1) is 0 Å². The first kappa shape index (κ1) is 16.4. The summed E-state index contributed by atoms with van der Waals surface area (Å²) < 4.78 is 0. The maximum Gasteiger partial charge on any atom is 0.118 e. The Kier molecular flexibility index (Phi) is 5.12. The molecule has 0 atom stereocenters. The number of hydrogen-bond donors (Lipinski definition) is 1. The van der Waals surface area contributed by atoms with Crippen molar-refractivity contribution < 1.29 is 5.11 Å². The van der Waals surface area contributed by atoms with E-state index in [1.54, 1.807) is 6.07 Å². The van der Waals surface area contributed by atoms with Crippen LogP contribution in [0.1, 0.15) is 38.8 Å². The van der Waals surface area contributed by atoms with Gasteiger partial charge in [-0.2, -0.15) is 0 Å². The average molecular weight is 297 g/mol. The molecule has 22 heavy (non-hydrogen) atoms. The van der Waals surface area contributed by atoms with Gasteiger partial charge in [0.2, 0.25) is 0 Å². The second-order valence-electron chi connectivity index (χ2n) is 6.38. The Balaban J connectivity index is 2.39. The first-order valence-corrected chi connectivity index (χ1v) is 8.11. The second-order valence-corrected chi connectivity index (χ2v) is 6.38. The van der Waals surface area contributed by atoms with Crippen molar-refractivity contribution in [3.63, 3.8) is 0 Å². The third-order valence-corrected chi connectivity index (χ3v) is 4.36. The predicted octanol–water partition coefficient (Wildman–Crippen LogP) is 4.76. The number of benzene rings is 2. The second kappa shape index (κ2) is 6.87. The molecule has 0 aliphatic heterocycles. The van der Waals surface area contributed by atoms with Crippen molar-refractivity contribution in [2.45, 2.75) is 39.5 Å². The lowest BCUT2D eigenvalue weighted by molar-refractivity contribution is 0.450. The highest BCUT2D eigenvalue weighted by Gasteiger charge is 2.26. The number of phenolic OH excluding ortho intramolecular Hbond substituents is 1.